The van der Waals surface area contributed by atoms with Crippen molar-refractivity contribution in [2.45, 2.75) is 37.5 Å². The SMILES string of the molecule is Cc1cc(NS(=O)(=O)c2ccc(NC(=O)[C@@H]3CCCC[C@@H]3C(=O)O)cc2)no1. The Kier molecular flexibility index (Phi) is 5.68. The zero-order chi connectivity index (χ0) is 20.3. The summed E-state index contributed by atoms with van der Waals surface area (Å²) in [5, 5.41) is 15.6. The molecule has 3 rings (SSSR count). The molecule has 0 unspecified atom stereocenters. The molecule has 10 heteroatoms. The smallest absolute Gasteiger partial charge is 0.307 e. The molecule has 2 atom stereocenters. The summed E-state index contributed by atoms with van der Waals surface area (Å²) in [7, 11) is -3.85. The van der Waals surface area contributed by atoms with Crippen LogP contribution in [0.1, 0.15) is 31.4 Å². The van der Waals surface area contributed by atoms with E-state index in [4.69, 9.17) is 4.52 Å². The van der Waals surface area contributed by atoms with Crippen molar-refractivity contribution in [3.05, 3.63) is 36.1 Å². The van der Waals surface area contributed by atoms with Crippen molar-refractivity contribution in [2.24, 2.45) is 11.8 Å². The van der Waals surface area contributed by atoms with E-state index in [-0.39, 0.29) is 16.6 Å². The molecule has 28 heavy (non-hydrogen) atoms. The highest BCUT2D eigenvalue weighted by atomic mass is 32.2. The standard InChI is InChI=1S/C18H21N3O6S/c1-11-10-16(20-27-11)21-28(25,26)13-8-6-12(7-9-13)19-17(22)14-4-2-3-5-15(14)18(23)24/h6-10,14-15H,2-5H2,1H3,(H,19,22)(H,20,21)(H,23,24)/t14-,15+/m1/s1. The molecule has 1 aromatic carbocycles. The molecule has 1 aromatic heterocycles. The van der Waals surface area contributed by atoms with E-state index in [1.807, 2.05) is 0 Å². The van der Waals surface area contributed by atoms with Gasteiger partial charge in [0.15, 0.2) is 5.82 Å². The Bertz CT molecular complexity index is 967. The van der Waals surface area contributed by atoms with Crippen LogP contribution in [0.4, 0.5) is 11.5 Å². The highest BCUT2D eigenvalue weighted by Crippen LogP contribution is 2.31. The first kappa shape index (κ1) is 19.9. The van der Waals surface area contributed by atoms with E-state index in [1.54, 1.807) is 6.92 Å². The Balaban J connectivity index is 1.68. The third-order valence-corrected chi connectivity index (χ3v) is 6.09. The number of hydrogen-bond donors (Lipinski definition) is 3. The summed E-state index contributed by atoms with van der Waals surface area (Å²) >= 11 is 0. The zero-order valence-electron chi connectivity index (χ0n) is 15.2. The lowest BCUT2D eigenvalue weighted by Gasteiger charge is -2.27. The molecule has 1 aliphatic rings. The van der Waals surface area contributed by atoms with Gasteiger partial charge in [-0.2, -0.15) is 0 Å². The van der Waals surface area contributed by atoms with Crippen molar-refractivity contribution in [3.63, 3.8) is 0 Å². The summed E-state index contributed by atoms with van der Waals surface area (Å²) in [6, 6.07) is 7.06. The quantitative estimate of drug-likeness (QED) is 0.669. The average Bonchev–Trinajstić information content (AvgIpc) is 3.06. The fourth-order valence-electron chi connectivity index (χ4n) is 3.30. The van der Waals surface area contributed by atoms with Crippen LogP contribution >= 0.6 is 0 Å². The average molecular weight is 407 g/mol. The second-order valence-corrected chi connectivity index (χ2v) is 8.46. The monoisotopic (exact) mass is 407 g/mol. The van der Waals surface area contributed by atoms with Crippen molar-refractivity contribution >= 4 is 33.4 Å². The van der Waals surface area contributed by atoms with E-state index >= 15 is 0 Å². The fraction of sp³-hybridized carbons (Fsp3) is 0.389. The number of nitrogens with zero attached hydrogens (tertiary/aromatic N) is 1. The molecule has 3 N–H and O–H groups in total. The first-order valence-corrected chi connectivity index (χ1v) is 10.3. The third kappa shape index (κ3) is 4.50. The number of nitrogens with one attached hydrogen (secondary N) is 2. The minimum atomic E-state index is -3.85. The molecule has 1 fully saturated rings. The van der Waals surface area contributed by atoms with Gasteiger partial charge in [0, 0.05) is 11.8 Å². The molecule has 0 saturated heterocycles. The van der Waals surface area contributed by atoms with Gasteiger partial charge in [0.25, 0.3) is 10.0 Å². The minimum absolute atomic E-state index is 0.00719. The number of hydrogen-bond acceptors (Lipinski definition) is 6. The molecule has 1 saturated carbocycles. The van der Waals surface area contributed by atoms with Crippen LogP contribution in [-0.4, -0.2) is 30.6 Å². The Labute approximate surface area is 162 Å². The maximum absolute atomic E-state index is 12.5. The molecule has 1 heterocycles. The number of sulfonamides is 1. The zero-order valence-corrected chi connectivity index (χ0v) is 16.0. The number of anilines is 2. The topological polar surface area (TPSA) is 139 Å². The number of rotatable bonds is 6. The van der Waals surface area contributed by atoms with Gasteiger partial charge in [-0.05, 0) is 44.0 Å². The van der Waals surface area contributed by atoms with Crippen LogP contribution in [0.3, 0.4) is 0 Å². The van der Waals surface area contributed by atoms with Gasteiger partial charge in [0.05, 0.1) is 16.7 Å². The van der Waals surface area contributed by atoms with Crippen LogP contribution in [0.25, 0.3) is 0 Å². The van der Waals surface area contributed by atoms with Gasteiger partial charge in [-0.3, -0.25) is 14.3 Å². The summed E-state index contributed by atoms with van der Waals surface area (Å²) in [5.74, 6) is -2.06. The van der Waals surface area contributed by atoms with Crippen molar-refractivity contribution in [1.29, 1.82) is 0 Å². The maximum Gasteiger partial charge on any atom is 0.307 e. The number of aryl methyl sites for hydroxylation is 1. The molecule has 0 spiro atoms. The number of aromatic nitrogens is 1. The van der Waals surface area contributed by atoms with E-state index in [9.17, 15) is 23.1 Å². The molecule has 2 aromatic rings. The van der Waals surface area contributed by atoms with Crippen molar-refractivity contribution in [3.8, 4) is 0 Å². The molecule has 0 radical (unpaired) electrons. The Morgan fingerprint density at radius 3 is 2.36 bits per heavy atom. The minimum Gasteiger partial charge on any atom is -0.481 e. The summed E-state index contributed by atoms with van der Waals surface area (Å²) < 4.78 is 31.9. The van der Waals surface area contributed by atoms with E-state index in [0.717, 1.165) is 12.8 Å². The normalized spacial score (nSPS) is 19.8. The van der Waals surface area contributed by atoms with Crippen molar-refractivity contribution in [2.75, 3.05) is 10.0 Å². The summed E-state index contributed by atoms with van der Waals surface area (Å²) in [4.78, 5) is 23.8. The molecule has 9 nitrogen and oxygen atoms in total. The fourth-order valence-corrected chi connectivity index (χ4v) is 4.29. The van der Waals surface area contributed by atoms with Gasteiger partial charge < -0.3 is 14.9 Å². The summed E-state index contributed by atoms with van der Waals surface area (Å²) in [5.41, 5.74) is 0.399. The number of aliphatic carboxylic acids is 1. The predicted octanol–water partition coefficient (Wildman–Crippen LogP) is 2.61. The molecule has 150 valence electrons. The highest BCUT2D eigenvalue weighted by molar-refractivity contribution is 7.92. The third-order valence-electron chi connectivity index (χ3n) is 4.72. The van der Waals surface area contributed by atoms with Gasteiger partial charge >= 0.3 is 5.97 Å². The van der Waals surface area contributed by atoms with Crippen LogP contribution in [0.15, 0.2) is 39.8 Å². The van der Waals surface area contributed by atoms with Gasteiger partial charge in [-0.1, -0.05) is 18.0 Å². The molecule has 1 amide bonds. The number of carbonyl (C=O) groups is 2. The van der Waals surface area contributed by atoms with E-state index in [0.29, 0.717) is 24.3 Å². The van der Waals surface area contributed by atoms with Crippen molar-refractivity contribution in [1.82, 2.24) is 5.16 Å². The predicted molar refractivity (Wildman–Crippen MR) is 100 cm³/mol. The molecular formula is C18H21N3O6S. The molecule has 0 bridgehead atoms. The number of carboxylic acids is 1. The Hall–Kier alpha value is -2.88. The lowest BCUT2D eigenvalue weighted by molar-refractivity contribution is -0.147. The number of carboxylic acid groups (broad SMARTS) is 1. The first-order chi connectivity index (χ1) is 13.3. The molecule has 1 aliphatic carbocycles. The van der Waals surface area contributed by atoms with Gasteiger partial charge in [-0.15, -0.1) is 0 Å². The summed E-state index contributed by atoms with van der Waals surface area (Å²) in [6.07, 6.45) is 2.62. The highest BCUT2D eigenvalue weighted by Gasteiger charge is 2.35. The van der Waals surface area contributed by atoms with Gasteiger partial charge in [0.1, 0.15) is 5.76 Å². The molecule has 0 aliphatic heterocycles. The van der Waals surface area contributed by atoms with Crippen LogP contribution in [0, 0.1) is 18.8 Å². The second-order valence-electron chi connectivity index (χ2n) is 6.78. The lowest BCUT2D eigenvalue weighted by Crippen LogP contribution is -2.36. The lowest BCUT2D eigenvalue weighted by atomic mass is 9.78. The van der Waals surface area contributed by atoms with Crippen LogP contribution in [0.5, 0.6) is 0 Å². The second kappa shape index (κ2) is 8.01. The Morgan fingerprint density at radius 1 is 1.14 bits per heavy atom. The van der Waals surface area contributed by atoms with Gasteiger partial charge in [-0.25, -0.2) is 8.42 Å². The first-order valence-electron chi connectivity index (χ1n) is 8.86. The van der Waals surface area contributed by atoms with Crippen LogP contribution in [-0.2, 0) is 19.6 Å². The number of carbonyl (C=O) groups excluding carboxylic acids is 1. The molecular weight excluding hydrogens is 386 g/mol. The number of benzene rings is 1. The van der Waals surface area contributed by atoms with E-state index < -0.39 is 27.8 Å². The largest absolute Gasteiger partial charge is 0.481 e. The maximum atomic E-state index is 12.5. The van der Waals surface area contributed by atoms with Gasteiger partial charge in [0.2, 0.25) is 5.91 Å². The van der Waals surface area contributed by atoms with Crippen LogP contribution in [0.2, 0.25) is 0 Å². The van der Waals surface area contributed by atoms with Crippen molar-refractivity contribution < 1.29 is 27.6 Å². The Morgan fingerprint density at radius 2 is 1.79 bits per heavy atom. The summed E-state index contributed by atoms with van der Waals surface area (Å²) in [6.45, 7) is 1.64. The van der Waals surface area contributed by atoms with Crippen LogP contribution < -0.4 is 10.0 Å². The van der Waals surface area contributed by atoms with E-state index in [1.165, 1.54) is 30.3 Å². The number of amides is 1. The van der Waals surface area contributed by atoms with E-state index in [2.05, 4.69) is 15.2 Å².